The van der Waals surface area contributed by atoms with Gasteiger partial charge in [0.25, 0.3) is 0 Å². The van der Waals surface area contributed by atoms with Crippen LogP contribution in [0.1, 0.15) is 73.7 Å². The van der Waals surface area contributed by atoms with Gasteiger partial charge in [-0.1, -0.05) is 51.1 Å². The molecule has 33 heavy (non-hydrogen) atoms. The van der Waals surface area contributed by atoms with E-state index in [1.807, 2.05) is 18.2 Å². The maximum atomic E-state index is 13.5. The Balaban J connectivity index is 1.66. The van der Waals surface area contributed by atoms with Gasteiger partial charge in [-0.05, 0) is 60.3 Å². The Morgan fingerprint density at radius 2 is 1.91 bits per heavy atom. The molecule has 1 N–H and O–H groups in total. The van der Waals surface area contributed by atoms with E-state index in [1.54, 1.807) is 18.2 Å². The summed E-state index contributed by atoms with van der Waals surface area (Å²) in [5.74, 6) is -0.226. The van der Waals surface area contributed by atoms with Gasteiger partial charge in [0, 0.05) is 12.0 Å². The minimum Gasteiger partial charge on any atom is -0.447 e. The zero-order chi connectivity index (χ0) is 24.2. The van der Waals surface area contributed by atoms with E-state index in [-0.39, 0.29) is 35.4 Å². The summed E-state index contributed by atoms with van der Waals surface area (Å²) in [4.78, 5) is 24.2. The number of cyclic esters (lactones) is 1. The molecular weight excluding hydrogens is 437 g/mol. The van der Waals surface area contributed by atoms with E-state index in [9.17, 15) is 14.0 Å². The zero-order valence-corrected chi connectivity index (χ0v) is 21.1. The Bertz CT molecular complexity index is 985. The third kappa shape index (κ3) is 6.51. The number of rotatable bonds is 9. The molecule has 0 spiro atoms. The lowest BCUT2D eigenvalue weighted by molar-refractivity contribution is 0.0970. The fraction of sp³-hybridized carbons (Fsp3) is 0.462. The van der Waals surface area contributed by atoms with Crippen LogP contribution in [0.4, 0.5) is 9.18 Å². The lowest BCUT2D eigenvalue weighted by Crippen LogP contribution is -2.41. The second-order valence-corrected chi connectivity index (χ2v) is 14.9. The minimum atomic E-state index is -2.06. The summed E-state index contributed by atoms with van der Waals surface area (Å²) in [5.41, 5.74) is 2.42. The van der Waals surface area contributed by atoms with Gasteiger partial charge in [-0.2, -0.15) is 0 Å². The van der Waals surface area contributed by atoms with Gasteiger partial charge in [0.1, 0.15) is 12.4 Å². The molecule has 1 amide bonds. The number of carbonyl (C=O) groups is 2. The highest BCUT2D eigenvalue weighted by molar-refractivity contribution is 6.74. The van der Waals surface area contributed by atoms with Crippen molar-refractivity contribution in [3.8, 4) is 0 Å². The smallest absolute Gasteiger partial charge is 0.407 e. The van der Waals surface area contributed by atoms with E-state index in [0.29, 0.717) is 24.8 Å². The Labute approximate surface area is 196 Å². The van der Waals surface area contributed by atoms with Crippen LogP contribution in [-0.4, -0.2) is 26.8 Å². The summed E-state index contributed by atoms with van der Waals surface area (Å²) in [6.45, 7) is 11.2. The second kappa shape index (κ2) is 10.2. The normalized spacial score (nSPS) is 17.4. The Morgan fingerprint density at radius 1 is 1.21 bits per heavy atom. The van der Waals surface area contributed by atoms with Crippen LogP contribution < -0.4 is 5.32 Å². The van der Waals surface area contributed by atoms with Gasteiger partial charge in [0.05, 0.1) is 12.1 Å². The first-order valence-electron chi connectivity index (χ1n) is 11.5. The number of nitrogens with one attached hydrogen (secondary N) is 1. The van der Waals surface area contributed by atoms with Crippen molar-refractivity contribution in [1.82, 2.24) is 5.32 Å². The number of ether oxygens (including phenoxy) is 1. The summed E-state index contributed by atoms with van der Waals surface area (Å²) in [7, 11) is -2.06. The molecule has 1 aliphatic rings. The quantitative estimate of drug-likeness (QED) is 0.326. The van der Waals surface area contributed by atoms with Crippen LogP contribution in [0, 0.1) is 5.82 Å². The molecule has 0 aromatic heterocycles. The number of Topliss-reactive ketones (excluding diaryl/α,β-unsaturated/α-hetero) is 1. The molecule has 3 rings (SSSR count). The van der Waals surface area contributed by atoms with Crippen LogP contribution in [0.2, 0.25) is 18.1 Å². The van der Waals surface area contributed by atoms with Gasteiger partial charge in [-0.3, -0.25) is 4.79 Å². The topological polar surface area (TPSA) is 64.6 Å². The first kappa shape index (κ1) is 25.1. The highest BCUT2D eigenvalue weighted by Crippen LogP contribution is 2.41. The van der Waals surface area contributed by atoms with E-state index in [4.69, 9.17) is 9.16 Å². The summed E-state index contributed by atoms with van der Waals surface area (Å²) in [6, 6.07) is 13.6. The fourth-order valence-corrected chi connectivity index (χ4v) is 4.91. The molecular formula is C26H34FNO4Si. The number of carbonyl (C=O) groups excluding carboxylic acids is 2. The van der Waals surface area contributed by atoms with Crippen LogP contribution in [0.5, 0.6) is 0 Å². The predicted octanol–water partition coefficient (Wildman–Crippen LogP) is 6.72. The molecule has 0 bridgehead atoms. The van der Waals surface area contributed by atoms with Crippen molar-refractivity contribution in [3.05, 3.63) is 71.0 Å². The molecule has 2 atom stereocenters. The molecule has 2 aromatic rings. The number of alkyl carbamates (subject to hydrolysis) is 1. The van der Waals surface area contributed by atoms with Crippen molar-refractivity contribution < 1.29 is 23.1 Å². The number of amides is 1. The predicted molar refractivity (Wildman–Crippen MR) is 129 cm³/mol. The monoisotopic (exact) mass is 471 g/mol. The maximum Gasteiger partial charge on any atom is 0.407 e. The van der Waals surface area contributed by atoms with Gasteiger partial charge in [-0.15, -0.1) is 0 Å². The Kier molecular flexibility index (Phi) is 7.75. The molecule has 2 unspecified atom stereocenters. The molecule has 0 radical (unpaired) electrons. The van der Waals surface area contributed by atoms with Gasteiger partial charge >= 0.3 is 6.09 Å². The van der Waals surface area contributed by atoms with Gasteiger partial charge in [-0.25, -0.2) is 9.18 Å². The average molecular weight is 472 g/mol. The Morgan fingerprint density at radius 3 is 2.52 bits per heavy atom. The molecule has 1 heterocycles. The Hall–Kier alpha value is -2.51. The van der Waals surface area contributed by atoms with Crippen LogP contribution >= 0.6 is 0 Å². The van der Waals surface area contributed by atoms with Crippen LogP contribution in [-0.2, 0) is 9.16 Å². The van der Waals surface area contributed by atoms with Crippen molar-refractivity contribution >= 4 is 20.2 Å². The molecule has 1 saturated heterocycles. The number of halogens is 1. The van der Waals surface area contributed by atoms with Crippen LogP contribution in [0.25, 0.3) is 0 Å². The SMILES string of the molecule is CC(C)(C)[Si](C)(C)OC(CCCC(=O)c1cccc(C2COC(=O)N2)c1)c1ccc(F)cc1. The highest BCUT2D eigenvalue weighted by Gasteiger charge is 2.39. The minimum absolute atomic E-state index is 0.0426. The van der Waals surface area contributed by atoms with E-state index in [2.05, 4.69) is 39.2 Å². The largest absolute Gasteiger partial charge is 0.447 e. The van der Waals surface area contributed by atoms with Crippen molar-refractivity contribution in [2.45, 2.75) is 70.3 Å². The first-order valence-corrected chi connectivity index (χ1v) is 14.4. The molecule has 0 saturated carbocycles. The number of ketones is 1. The number of hydrogen-bond acceptors (Lipinski definition) is 4. The van der Waals surface area contributed by atoms with Crippen LogP contribution in [0.3, 0.4) is 0 Å². The van der Waals surface area contributed by atoms with E-state index in [1.165, 1.54) is 12.1 Å². The summed E-state index contributed by atoms with van der Waals surface area (Å²) in [6.07, 6.45) is 1.09. The maximum absolute atomic E-state index is 13.5. The van der Waals surface area contributed by atoms with E-state index in [0.717, 1.165) is 11.1 Å². The number of hydrogen-bond donors (Lipinski definition) is 1. The van der Waals surface area contributed by atoms with Crippen molar-refractivity contribution in [3.63, 3.8) is 0 Å². The van der Waals surface area contributed by atoms with Gasteiger partial charge in [0.15, 0.2) is 14.1 Å². The molecule has 0 aliphatic carbocycles. The lowest BCUT2D eigenvalue weighted by Gasteiger charge is -2.39. The van der Waals surface area contributed by atoms with E-state index < -0.39 is 14.4 Å². The fourth-order valence-electron chi connectivity index (χ4n) is 3.59. The third-order valence-electron chi connectivity index (χ3n) is 6.64. The summed E-state index contributed by atoms with van der Waals surface area (Å²) >= 11 is 0. The lowest BCUT2D eigenvalue weighted by atomic mass is 9.98. The molecule has 2 aromatic carbocycles. The molecule has 7 heteroatoms. The molecule has 178 valence electrons. The highest BCUT2D eigenvalue weighted by atomic mass is 28.4. The first-order chi connectivity index (χ1) is 15.5. The van der Waals surface area contributed by atoms with Crippen molar-refractivity contribution in [2.75, 3.05) is 6.61 Å². The zero-order valence-electron chi connectivity index (χ0n) is 20.1. The number of benzene rings is 2. The molecule has 1 aliphatic heterocycles. The third-order valence-corrected chi connectivity index (χ3v) is 11.1. The molecule has 1 fully saturated rings. The molecule has 5 nitrogen and oxygen atoms in total. The summed E-state index contributed by atoms with van der Waals surface area (Å²) < 4.78 is 25.1. The second-order valence-electron chi connectivity index (χ2n) is 10.2. The van der Waals surface area contributed by atoms with Crippen LogP contribution in [0.15, 0.2) is 48.5 Å². The average Bonchev–Trinajstić information content (AvgIpc) is 3.19. The van der Waals surface area contributed by atoms with Gasteiger partial charge in [0.2, 0.25) is 0 Å². The van der Waals surface area contributed by atoms with E-state index >= 15 is 0 Å². The van der Waals surface area contributed by atoms with Gasteiger partial charge < -0.3 is 14.5 Å². The summed E-state index contributed by atoms with van der Waals surface area (Å²) in [5, 5.41) is 2.78. The van der Waals surface area contributed by atoms with Crippen molar-refractivity contribution in [1.29, 1.82) is 0 Å². The standard InChI is InChI=1S/C26H34FNO4Si/c1-26(2,3)33(4,5)32-24(18-12-14-21(27)15-13-18)11-7-10-23(29)20-9-6-8-19(16-20)22-17-31-25(30)28-22/h6,8-9,12-16,22,24H,7,10-11,17H2,1-5H3,(H,28,30). The van der Waals surface area contributed by atoms with Crippen molar-refractivity contribution in [2.24, 2.45) is 0 Å².